The van der Waals surface area contributed by atoms with Crippen LogP contribution in [-0.4, -0.2) is 11.4 Å². The molecule has 26 heavy (non-hydrogen) atoms. The minimum atomic E-state index is -0.220. The molecule has 134 valence electrons. The lowest BCUT2D eigenvalue weighted by molar-refractivity contribution is 0.253. The summed E-state index contributed by atoms with van der Waals surface area (Å²) in [7, 11) is 0. The van der Waals surface area contributed by atoms with Crippen molar-refractivity contribution in [1.82, 2.24) is 4.90 Å². The topological polar surface area (TPSA) is 3.24 Å². The van der Waals surface area contributed by atoms with Crippen LogP contribution in [0, 0.1) is 11.6 Å². The van der Waals surface area contributed by atoms with E-state index in [-0.39, 0.29) is 11.6 Å². The van der Waals surface area contributed by atoms with Crippen molar-refractivity contribution in [2.45, 2.75) is 25.9 Å². The lowest BCUT2D eigenvalue weighted by atomic mass is 10.1. The number of halogens is 2. The number of hydrogen-bond acceptors (Lipinski definition) is 1. The molecule has 0 N–H and O–H groups in total. The van der Waals surface area contributed by atoms with Crippen LogP contribution in [0.5, 0.6) is 0 Å². The summed E-state index contributed by atoms with van der Waals surface area (Å²) in [6.07, 6.45) is 2.05. The van der Waals surface area contributed by atoms with Crippen molar-refractivity contribution < 1.29 is 8.78 Å². The quantitative estimate of drug-likeness (QED) is 0.511. The van der Waals surface area contributed by atoms with E-state index in [0.29, 0.717) is 0 Å². The fourth-order valence-corrected chi connectivity index (χ4v) is 3.06. The summed E-state index contributed by atoms with van der Waals surface area (Å²) < 4.78 is 26.3. The summed E-state index contributed by atoms with van der Waals surface area (Å²) in [6.45, 7) is 2.41. The third-order valence-corrected chi connectivity index (χ3v) is 4.42. The van der Waals surface area contributed by atoms with Gasteiger partial charge in [0.05, 0.1) is 0 Å². The van der Waals surface area contributed by atoms with Gasteiger partial charge in [0.1, 0.15) is 11.6 Å². The number of rotatable bonds is 8. The Morgan fingerprint density at radius 3 is 1.58 bits per heavy atom. The van der Waals surface area contributed by atoms with Gasteiger partial charge in [0.25, 0.3) is 0 Å². The summed E-state index contributed by atoms with van der Waals surface area (Å²) in [5, 5.41) is 0. The average molecular weight is 351 g/mol. The van der Waals surface area contributed by atoms with Gasteiger partial charge in [0.15, 0.2) is 0 Å². The van der Waals surface area contributed by atoms with Crippen LogP contribution in [0.3, 0.4) is 0 Å². The Balaban J connectivity index is 1.63. The second-order valence-electron chi connectivity index (χ2n) is 6.55. The maximum Gasteiger partial charge on any atom is 0.123 e. The highest BCUT2D eigenvalue weighted by atomic mass is 19.1. The van der Waals surface area contributed by atoms with Gasteiger partial charge >= 0.3 is 0 Å². The molecule has 3 rings (SSSR count). The minimum absolute atomic E-state index is 0.220. The summed E-state index contributed by atoms with van der Waals surface area (Å²) in [5.41, 5.74) is 3.48. The summed E-state index contributed by atoms with van der Waals surface area (Å²) in [4.78, 5) is 2.32. The van der Waals surface area contributed by atoms with E-state index in [2.05, 4.69) is 29.2 Å². The van der Waals surface area contributed by atoms with Crippen molar-refractivity contribution in [1.29, 1.82) is 0 Å². The van der Waals surface area contributed by atoms with E-state index >= 15 is 0 Å². The van der Waals surface area contributed by atoms with Gasteiger partial charge in [-0.15, -0.1) is 0 Å². The van der Waals surface area contributed by atoms with Gasteiger partial charge in [0.2, 0.25) is 0 Å². The Kier molecular flexibility index (Phi) is 6.50. The zero-order chi connectivity index (χ0) is 18.2. The molecule has 0 aliphatic carbocycles. The highest BCUT2D eigenvalue weighted by Crippen LogP contribution is 2.13. The molecule has 0 saturated heterocycles. The molecule has 0 unspecified atom stereocenters. The second kappa shape index (κ2) is 9.25. The van der Waals surface area contributed by atoms with Gasteiger partial charge in [-0.2, -0.15) is 0 Å². The first-order valence-corrected chi connectivity index (χ1v) is 8.94. The Morgan fingerprint density at radius 2 is 1.08 bits per heavy atom. The van der Waals surface area contributed by atoms with E-state index in [1.807, 2.05) is 30.3 Å². The Bertz CT molecular complexity index is 735. The Labute approximate surface area is 153 Å². The monoisotopic (exact) mass is 351 g/mol. The van der Waals surface area contributed by atoms with Crippen LogP contribution in [0.4, 0.5) is 8.78 Å². The van der Waals surface area contributed by atoms with Crippen LogP contribution < -0.4 is 0 Å². The van der Waals surface area contributed by atoms with Crippen LogP contribution in [0.2, 0.25) is 0 Å². The molecule has 3 aromatic rings. The Hall–Kier alpha value is -2.52. The van der Waals surface area contributed by atoms with Crippen molar-refractivity contribution in [2.24, 2.45) is 0 Å². The maximum atomic E-state index is 13.2. The smallest absolute Gasteiger partial charge is 0.123 e. The molecule has 0 saturated carbocycles. The molecule has 0 radical (unpaired) electrons. The third kappa shape index (κ3) is 5.78. The van der Waals surface area contributed by atoms with Crippen molar-refractivity contribution in [2.75, 3.05) is 6.54 Å². The van der Waals surface area contributed by atoms with Gasteiger partial charge in [0, 0.05) is 13.1 Å². The summed E-state index contributed by atoms with van der Waals surface area (Å²) >= 11 is 0. The van der Waals surface area contributed by atoms with Crippen molar-refractivity contribution in [3.05, 3.63) is 107 Å². The predicted molar refractivity (Wildman–Crippen MR) is 102 cm³/mol. The van der Waals surface area contributed by atoms with E-state index < -0.39 is 0 Å². The second-order valence-corrected chi connectivity index (χ2v) is 6.55. The summed E-state index contributed by atoms with van der Waals surface area (Å²) in [5.74, 6) is -0.439. The molecule has 0 atom stereocenters. The average Bonchev–Trinajstić information content (AvgIpc) is 2.66. The van der Waals surface area contributed by atoms with Crippen LogP contribution >= 0.6 is 0 Å². The molecular weight excluding hydrogens is 328 g/mol. The first-order chi connectivity index (χ1) is 12.7. The van der Waals surface area contributed by atoms with Crippen LogP contribution in [-0.2, 0) is 19.5 Å². The Morgan fingerprint density at radius 1 is 0.577 bits per heavy atom. The number of nitrogens with zero attached hydrogens (tertiary/aromatic N) is 1. The van der Waals surface area contributed by atoms with Crippen molar-refractivity contribution in [3.8, 4) is 0 Å². The molecule has 0 heterocycles. The van der Waals surface area contributed by atoms with E-state index in [9.17, 15) is 8.78 Å². The predicted octanol–water partition coefficient (Wildman–Crippen LogP) is 5.60. The molecule has 0 amide bonds. The van der Waals surface area contributed by atoms with E-state index in [1.54, 1.807) is 0 Å². The molecule has 0 spiro atoms. The number of aryl methyl sites for hydroxylation is 1. The lowest BCUT2D eigenvalue weighted by Crippen LogP contribution is -2.24. The molecule has 3 aromatic carbocycles. The molecular formula is C23H23F2N. The molecule has 0 aromatic heterocycles. The van der Waals surface area contributed by atoms with Gasteiger partial charge in [-0.05, 0) is 60.3 Å². The molecule has 3 heteroatoms. The fourth-order valence-electron chi connectivity index (χ4n) is 3.06. The standard InChI is InChI=1S/C23H23F2N/c24-22-12-8-20(9-13-22)17-26(18-21-10-14-23(25)15-11-21)16-4-7-19-5-2-1-3-6-19/h1-3,5-6,8-15H,4,7,16-18H2. The zero-order valence-corrected chi connectivity index (χ0v) is 14.7. The molecule has 1 nitrogen and oxygen atoms in total. The van der Waals surface area contributed by atoms with Crippen molar-refractivity contribution in [3.63, 3.8) is 0 Å². The van der Waals surface area contributed by atoms with Crippen LogP contribution in [0.15, 0.2) is 78.9 Å². The van der Waals surface area contributed by atoms with E-state index in [1.165, 1.54) is 29.8 Å². The summed E-state index contributed by atoms with van der Waals surface area (Å²) in [6, 6.07) is 23.7. The molecule has 0 bridgehead atoms. The largest absolute Gasteiger partial charge is 0.295 e. The first-order valence-electron chi connectivity index (χ1n) is 8.94. The number of benzene rings is 3. The first kappa shape index (κ1) is 18.3. The maximum absolute atomic E-state index is 13.2. The minimum Gasteiger partial charge on any atom is -0.295 e. The highest BCUT2D eigenvalue weighted by molar-refractivity contribution is 5.19. The fraction of sp³-hybridized carbons (Fsp3) is 0.217. The van der Waals surface area contributed by atoms with Gasteiger partial charge < -0.3 is 0 Å². The van der Waals surface area contributed by atoms with Crippen LogP contribution in [0.25, 0.3) is 0 Å². The SMILES string of the molecule is Fc1ccc(CN(CCCc2ccccc2)Cc2ccc(F)cc2)cc1. The molecule has 0 aliphatic rings. The third-order valence-electron chi connectivity index (χ3n) is 4.42. The molecule has 0 aliphatic heterocycles. The molecule has 0 fully saturated rings. The number of hydrogen-bond donors (Lipinski definition) is 0. The van der Waals surface area contributed by atoms with Gasteiger partial charge in [-0.1, -0.05) is 54.6 Å². The lowest BCUT2D eigenvalue weighted by Gasteiger charge is -2.23. The van der Waals surface area contributed by atoms with Crippen LogP contribution in [0.1, 0.15) is 23.1 Å². The van der Waals surface area contributed by atoms with Crippen molar-refractivity contribution >= 4 is 0 Å². The zero-order valence-electron chi connectivity index (χ0n) is 14.7. The highest BCUT2D eigenvalue weighted by Gasteiger charge is 2.08. The normalized spacial score (nSPS) is 11.0. The van der Waals surface area contributed by atoms with Gasteiger partial charge in [-0.3, -0.25) is 4.90 Å². The van der Waals surface area contributed by atoms with E-state index in [0.717, 1.165) is 43.6 Å². The van der Waals surface area contributed by atoms with Gasteiger partial charge in [-0.25, -0.2) is 8.78 Å². The van der Waals surface area contributed by atoms with E-state index in [4.69, 9.17) is 0 Å².